The van der Waals surface area contributed by atoms with Crippen molar-refractivity contribution in [3.63, 3.8) is 0 Å². The second-order valence-corrected chi connectivity index (χ2v) is 4.08. The van der Waals surface area contributed by atoms with E-state index in [9.17, 15) is 0 Å². The molecule has 0 saturated carbocycles. The van der Waals surface area contributed by atoms with E-state index in [0.29, 0.717) is 6.61 Å². The minimum absolute atomic E-state index is 0.692. The normalized spacial score (nSPS) is 10.9. The van der Waals surface area contributed by atoms with Crippen molar-refractivity contribution in [2.75, 3.05) is 6.61 Å². The highest BCUT2D eigenvalue weighted by atomic mass is 16.5. The fourth-order valence-corrected chi connectivity index (χ4v) is 2.27. The van der Waals surface area contributed by atoms with Crippen molar-refractivity contribution < 1.29 is 4.74 Å². The molecule has 84 valence electrons. The summed E-state index contributed by atoms with van der Waals surface area (Å²) in [5.74, 6) is 1.00. The summed E-state index contributed by atoms with van der Waals surface area (Å²) in [5, 5.41) is 4.84. The molecule has 1 heteroatoms. The Labute approximate surface area is 101 Å². The first-order valence-electron chi connectivity index (χ1n) is 5.93. The molecular formula is C16H14O. The number of rotatable bonds is 2. The van der Waals surface area contributed by atoms with Crippen LogP contribution < -0.4 is 4.74 Å². The van der Waals surface area contributed by atoms with Crippen LogP contribution in [0.4, 0.5) is 0 Å². The Bertz CT molecular complexity index is 616. The van der Waals surface area contributed by atoms with Crippen molar-refractivity contribution >= 4 is 21.5 Å². The number of fused-ring (bicyclic) bond motifs is 2. The molecule has 1 nitrogen and oxygen atoms in total. The molecule has 3 aromatic rings. The largest absolute Gasteiger partial charge is 0.493 e. The van der Waals surface area contributed by atoms with Gasteiger partial charge in [0.1, 0.15) is 5.75 Å². The first kappa shape index (κ1) is 10.2. The molecule has 0 N–H and O–H groups in total. The van der Waals surface area contributed by atoms with Gasteiger partial charge in [-0.2, -0.15) is 0 Å². The summed E-state index contributed by atoms with van der Waals surface area (Å²) in [6.45, 7) is 2.72. The van der Waals surface area contributed by atoms with Crippen LogP contribution in [0.15, 0.2) is 54.6 Å². The molecule has 17 heavy (non-hydrogen) atoms. The first-order chi connectivity index (χ1) is 8.40. The Morgan fingerprint density at radius 3 is 1.88 bits per heavy atom. The van der Waals surface area contributed by atoms with Crippen LogP contribution in [0.25, 0.3) is 21.5 Å². The molecule has 0 amide bonds. The van der Waals surface area contributed by atoms with Gasteiger partial charge in [-0.15, -0.1) is 0 Å². The Morgan fingerprint density at radius 1 is 0.824 bits per heavy atom. The summed E-state index contributed by atoms with van der Waals surface area (Å²) in [5.41, 5.74) is 0. The minimum atomic E-state index is 0.692. The van der Waals surface area contributed by atoms with E-state index in [4.69, 9.17) is 4.74 Å². The number of ether oxygens (including phenoxy) is 1. The third-order valence-electron chi connectivity index (χ3n) is 3.01. The van der Waals surface area contributed by atoms with Crippen molar-refractivity contribution in [3.8, 4) is 5.75 Å². The molecule has 0 atom stereocenters. The smallest absolute Gasteiger partial charge is 0.134 e. The van der Waals surface area contributed by atoms with Gasteiger partial charge < -0.3 is 4.74 Å². The average Bonchev–Trinajstić information content (AvgIpc) is 2.39. The molecule has 0 aromatic heterocycles. The van der Waals surface area contributed by atoms with E-state index in [-0.39, 0.29) is 0 Å². The minimum Gasteiger partial charge on any atom is -0.493 e. The zero-order valence-corrected chi connectivity index (χ0v) is 9.81. The Hall–Kier alpha value is -2.02. The molecule has 0 unspecified atom stereocenters. The zero-order valence-electron chi connectivity index (χ0n) is 9.81. The summed E-state index contributed by atoms with van der Waals surface area (Å²) in [6, 6.07) is 18.9. The fraction of sp³-hybridized carbons (Fsp3) is 0.125. The summed E-state index contributed by atoms with van der Waals surface area (Å²) < 4.78 is 5.83. The topological polar surface area (TPSA) is 9.23 Å². The molecule has 0 aliphatic heterocycles. The number of hydrogen-bond donors (Lipinski definition) is 0. The third-order valence-corrected chi connectivity index (χ3v) is 3.01. The van der Waals surface area contributed by atoms with Crippen LogP contribution in [0, 0.1) is 0 Å². The van der Waals surface area contributed by atoms with Crippen LogP contribution in [0.5, 0.6) is 5.75 Å². The molecule has 0 saturated heterocycles. The van der Waals surface area contributed by atoms with Crippen LogP contribution in [-0.4, -0.2) is 6.61 Å². The summed E-state index contributed by atoms with van der Waals surface area (Å²) >= 11 is 0. The molecule has 0 radical (unpaired) electrons. The van der Waals surface area contributed by atoms with Gasteiger partial charge in [0.05, 0.1) is 6.61 Å². The average molecular weight is 222 g/mol. The van der Waals surface area contributed by atoms with Crippen LogP contribution >= 0.6 is 0 Å². The first-order valence-corrected chi connectivity index (χ1v) is 5.93. The molecule has 0 heterocycles. The fourth-order valence-electron chi connectivity index (χ4n) is 2.27. The van der Waals surface area contributed by atoms with E-state index in [1.165, 1.54) is 21.5 Å². The highest BCUT2D eigenvalue weighted by Gasteiger charge is 2.07. The molecular weight excluding hydrogens is 208 g/mol. The van der Waals surface area contributed by atoms with Gasteiger partial charge in [0.25, 0.3) is 0 Å². The van der Waals surface area contributed by atoms with Gasteiger partial charge in [-0.3, -0.25) is 0 Å². The van der Waals surface area contributed by atoms with Crippen LogP contribution in [0.1, 0.15) is 6.92 Å². The maximum Gasteiger partial charge on any atom is 0.134 e. The molecule has 0 aliphatic rings. The standard InChI is InChI=1S/C16H14O/c1-2-17-16-14-9-5-3-7-12(14)11-13-8-4-6-10-15(13)16/h3-11H,2H2,1H3. The number of hydrogen-bond acceptors (Lipinski definition) is 1. The molecule has 3 rings (SSSR count). The lowest BCUT2D eigenvalue weighted by Crippen LogP contribution is -1.93. The van der Waals surface area contributed by atoms with E-state index >= 15 is 0 Å². The van der Waals surface area contributed by atoms with E-state index in [1.54, 1.807) is 0 Å². The summed E-state index contributed by atoms with van der Waals surface area (Å²) in [7, 11) is 0. The second kappa shape index (κ2) is 4.10. The molecule has 0 fully saturated rings. The van der Waals surface area contributed by atoms with E-state index in [1.807, 2.05) is 6.92 Å². The quantitative estimate of drug-likeness (QED) is 0.584. The molecule has 0 spiro atoms. The summed E-state index contributed by atoms with van der Waals surface area (Å²) in [6.07, 6.45) is 0. The van der Waals surface area contributed by atoms with Crippen molar-refractivity contribution in [2.45, 2.75) is 6.92 Å². The van der Waals surface area contributed by atoms with Gasteiger partial charge in [-0.25, -0.2) is 0 Å². The Morgan fingerprint density at radius 2 is 1.35 bits per heavy atom. The molecule has 3 aromatic carbocycles. The van der Waals surface area contributed by atoms with Gasteiger partial charge in [0, 0.05) is 10.8 Å². The van der Waals surface area contributed by atoms with Gasteiger partial charge in [0.15, 0.2) is 0 Å². The molecule has 0 bridgehead atoms. The SMILES string of the molecule is CCOc1c2ccccc2cc2ccccc12. The highest BCUT2D eigenvalue weighted by molar-refractivity contribution is 6.05. The van der Waals surface area contributed by atoms with Crippen molar-refractivity contribution in [3.05, 3.63) is 54.6 Å². The van der Waals surface area contributed by atoms with E-state index < -0.39 is 0 Å². The van der Waals surface area contributed by atoms with Crippen LogP contribution in [0.2, 0.25) is 0 Å². The maximum atomic E-state index is 5.83. The highest BCUT2D eigenvalue weighted by Crippen LogP contribution is 2.34. The van der Waals surface area contributed by atoms with Gasteiger partial charge >= 0.3 is 0 Å². The van der Waals surface area contributed by atoms with Crippen LogP contribution in [-0.2, 0) is 0 Å². The van der Waals surface area contributed by atoms with Gasteiger partial charge in [0.2, 0.25) is 0 Å². The number of benzene rings is 3. The Kier molecular flexibility index (Phi) is 2.45. The second-order valence-electron chi connectivity index (χ2n) is 4.08. The lowest BCUT2D eigenvalue weighted by molar-refractivity contribution is 0.348. The van der Waals surface area contributed by atoms with Crippen LogP contribution in [0.3, 0.4) is 0 Å². The van der Waals surface area contributed by atoms with E-state index in [0.717, 1.165) is 5.75 Å². The predicted octanol–water partition coefficient (Wildman–Crippen LogP) is 4.39. The Balaban J connectivity index is 2.47. The maximum absolute atomic E-state index is 5.83. The lowest BCUT2D eigenvalue weighted by atomic mass is 10.0. The molecule has 0 aliphatic carbocycles. The summed E-state index contributed by atoms with van der Waals surface area (Å²) in [4.78, 5) is 0. The van der Waals surface area contributed by atoms with Crippen molar-refractivity contribution in [2.24, 2.45) is 0 Å². The monoisotopic (exact) mass is 222 g/mol. The zero-order chi connectivity index (χ0) is 11.7. The third kappa shape index (κ3) is 1.64. The van der Waals surface area contributed by atoms with Crippen molar-refractivity contribution in [1.29, 1.82) is 0 Å². The van der Waals surface area contributed by atoms with Gasteiger partial charge in [-0.05, 0) is 23.8 Å². The lowest BCUT2D eigenvalue weighted by Gasteiger charge is -2.11. The van der Waals surface area contributed by atoms with Crippen molar-refractivity contribution in [1.82, 2.24) is 0 Å². The van der Waals surface area contributed by atoms with Gasteiger partial charge in [-0.1, -0.05) is 48.5 Å². The van der Waals surface area contributed by atoms with E-state index in [2.05, 4.69) is 54.6 Å². The predicted molar refractivity (Wildman–Crippen MR) is 72.6 cm³/mol.